The first kappa shape index (κ1) is 18.7. The highest BCUT2D eigenvalue weighted by atomic mass is 32.2. The summed E-state index contributed by atoms with van der Waals surface area (Å²) in [4.78, 5) is 0. The van der Waals surface area contributed by atoms with Crippen molar-refractivity contribution in [2.24, 2.45) is 0 Å². The first-order valence-corrected chi connectivity index (χ1v) is 9.12. The van der Waals surface area contributed by atoms with Crippen molar-refractivity contribution < 1.29 is 4.21 Å². The van der Waals surface area contributed by atoms with Gasteiger partial charge < -0.3 is 0 Å². The zero-order valence-electron chi connectivity index (χ0n) is 13.2. The standard InChI is InChI=1S/C13H27NOS.C3H4/c1-4-9-12(5-2)14(16(3)15)13-10-7-6-8-11-13;1-3-2/h12-13H,4-11H2,1-3H3;1H,2H3. The van der Waals surface area contributed by atoms with Gasteiger partial charge in [0.2, 0.25) is 0 Å². The maximum Gasteiger partial charge on any atom is 0.0915 e. The molecule has 0 heterocycles. The van der Waals surface area contributed by atoms with Gasteiger partial charge in [0.25, 0.3) is 0 Å². The lowest BCUT2D eigenvalue weighted by Crippen LogP contribution is -2.44. The Balaban J connectivity index is 0.000000982. The molecule has 0 aromatic heterocycles. The van der Waals surface area contributed by atoms with Crippen LogP contribution in [0.25, 0.3) is 0 Å². The minimum Gasteiger partial charge on any atom is -0.243 e. The first-order chi connectivity index (χ1) is 9.12. The van der Waals surface area contributed by atoms with E-state index in [1.807, 2.05) is 6.26 Å². The highest BCUT2D eigenvalue weighted by molar-refractivity contribution is 7.81. The predicted octanol–water partition coefficient (Wildman–Crippen LogP) is 4.13. The topological polar surface area (TPSA) is 20.3 Å². The minimum atomic E-state index is -0.799. The van der Waals surface area contributed by atoms with Crippen molar-refractivity contribution in [2.45, 2.75) is 84.2 Å². The van der Waals surface area contributed by atoms with Crippen LogP contribution in [0, 0.1) is 12.3 Å². The molecular formula is C16H31NOS. The summed E-state index contributed by atoms with van der Waals surface area (Å²) in [5.41, 5.74) is 0. The van der Waals surface area contributed by atoms with Gasteiger partial charge in [0, 0.05) is 18.3 Å². The lowest BCUT2D eigenvalue weighted by atomic mass is 9.94. The van der Waals surface area contributed by atoms with Gasteiger partial charge in [0.1, 0.15) is 0 Å². The molecule has 1 saturated carbocycles. The fourth-order valence-electron chi connectivity index (χ4n) is 2.90. The van der Waals surface area contributed by atoms with Gasteiger partial charge in [-0.2, -0.15) is 0 Å². The van der Waals surface area contributed by atoms with Crippen LogP contribution in [0.3, 0.4) is 0 Å². The second-order valence-electron chi connectivity index (χ2n) is 5.21. The zero-order valence-corrected chi connectivity index (χ0v) is 14.0. The molecule has 0 spiro atoms. The Bertz CT molecular complexity index is 274. The second kappa shape index (κ2) is 11.5. The van der Waals surface area contributed by atoms with Crippen LogP contribution in [0.2, 0.25) is 0 Å². The van der Waals surface area contributed by atoms with E-state index in [9.17, 15) is 4.21 Å². The number of nitrogens with zero attached hydrogens (tertiary/aromatic N) is 1. The third-order valence-corrected chi connectivity index (χ3v) is 4.87. The van der Waals surface area contributed by atoms with Crippen LogP contribution in [-0.4, -0.2) is 26.9 Å². The summed E-state index contributed by atoms with van der Waals surface area (Å²) in [7, 11) is -0.799. The highest BCUT2D eigenvalue weighted by Crippen LogP contribution is 2.27. The van der Waals surface area contributed by atoms with Gasteiger partial charge in [0.05, 0.1) is 11.0 Å². The predicted molar refractivity (Wildman–Crippen MR) is 86.3 cm³/mol. The van der Waals surface area contributed by atoms with E-state index in [0.29, 0.717) is 12.1 Å². The molecule has 2 atom stereocenters. The first-order valence-electron chi connectivity index (χ1n) is 7.61. The summed E-state index contributed by atoms with van der Waals surface area (Å²) in [6.45, 7) is 6.10. The molecule has 1 rings (SSSR count). The Hall–Kier alpha value is -0.330. The van der Waals surface area contributed by atoms with Gasteiger partial charge in [-0.05, 0) is 32.6 Å². The van der Waals surface area contributed by atoms with Crippen molar-refractivity contribution in [1.82, 2.24) is 4.31 Å². The van der Waals surface area contributed by atoms with Crippen LogP contribution in [0.15, 0.2) is 0 Å². The van der Waals surface area contributed by atoms with Crippen molar-refractivity contribution >= 4 is 11.0 Å². The van der Waals surface area contributed by atoms with Gasteiger partial charge in [-0.1, -0.05) is 39.5 Å². The van der Waals surface area contributed by atoms with Crippen molar-refractivity contribution in [3.05, 3.63) is 0 Å². The van der Waals surface area contributed by atoms with Crippen LogP contribution in [0.5, 0.6) is 0 Å². The Kier molecular flexibility index (Phi) is 11.3. The molecule has 2 nitrogen and oxygen atoms in total. The van der Waals surface area contributed by atoms with Gasteiger partial charge in [-0.25, -0.2) is 8.51 Å². The Morgan fingerprint density at radius 2 is 1.84 bits per heavy atom. The lowest BCUT2D eigenvalue weighted by molar-refractivity contribution is 0.199. The average molecular weight is 285 g/mol. The van der Waals surface area contributed by atoms with E-state index in [1.54, 1.807) is 6.92 Å². The van der Waals surface area contributed by atoms with Crippen LogP contribution in [0.4, 0.5) is 0 Å². The molecule has 2 unspecified atom stereocenters. The average Bonchev–Trinajstić information content (AvgIpc) is 2.40. The molecule has 0 radical (unpaired) electrons. The number of hydrogen-bond donors (Lipinski definition) is 0. The normalized spacial score (nSPS) is 19.2. The number of hydrogen-bond acceptors (Lipinski definition) is 1. The van der Waals surface area contributed by atoms with Crippen LogP contribution in [0.1, 0.15) is 72.1 Å². The highest BCUT2D eigenvalue weighted by Gasteiger charge is 2.28. The summed E-state index contributed by atoms with van der Waals surface area (Å²) in [5, 5.41) is 0. The molecule has 0 aromatic carbocycles. The summed E-state index contributed by atoms with van der Waals surface area (Å²) in [6, 6.07) is 1.11. The molecule has 3 heteroatoms. The Morgan fingerprint density at radius 3 is 2.21 bits per heavy atom. The fraction of sp³-hybridized carbons (Fsp3) is 0.875. The third kappa shape index (κ3) is 7.13. The molecule has 1 aliphatic rings. The smallest absolute Gasteiger partial charge is 0.0915 e. The molecule has 0 amide bonds. The summed E-state index contributed by atoms with van der Waals surface area (Å²) >= 11 is 0. The van der Waals surface area contributed by atoms with Crippen LogP contribution in [-0.2, 0) is 11.0 Å². The van der Waals surface area contributed by atoms with Crippen LogP contribution < -0.4 is 0 Å². The Morgan fingerprint density at radius 1 is 1.32 bits per heavy atom. The molecule has 19 heavy (non-hydrogen) atoms. The van der Waals surface area contributed by atoms with E-state index in [-0.39, 0.29) is 0 Å². The van der Waals surface area contributed by atoms with Gasteiger partial charge in [-0.3, -0.25) is 0 Å². The zero-order chi connectivity index (χ0) is 14.7. The van der Waals surface area contributed by atoms with Crippen LogP contribution >= 0.6 is 0 Å². The maximum atomic E-state index is 12.0. The van der Waals surface area contributed by atoms with E-state index in [4.69, 9.17) is 0 Å². The van der Waals surface area contributed by atoms with Gasteiger partial charge in [-0.15, -0.1) is 12.3 Å². The summed E-state index contributed by atoms with van der Waals surface area (Å²) in [5.74, 6) is 2.25. The molecule has 112 valence electrons. The molecule has 0 bridgehead atoms. The van der Waals surface area contributed by atoms with E-state index in [0.717, 1.165) is 6.42 Å². The summed E-state index contributed by atoms with van der Waals surface area (Å²) < 4.78 is 14.3. The van der Waals surface area contributed by atoms with Crippen molar-refractivity contribution in [2.75, 3.05) is 6.26 Å². The van der Waals surface area contributed by atoms with E-state index in [2.05, 4.69) is 30.5 Å². The van der Waals surface area contributed by atoms with Crippen molar-refractivity contribution in [3.63, 3.8) is 0 Å². The summed E-state index contributed by atoms with van der Waals surface area (Å²) in [6.07, 6.45) is 16.5. The molecule has 0 aliphatic heterocycles. The lowest BCUT2D eigenvalue weighted by Gasteiger charge is -2.37. The SMILES string of the molecule is C#CC.CCCC(CC)N(C1CCCCC1)S(C)=O. The monoisotopic (exact) mass is 285 g/mol. The molecule has 1 fully saturated rings. The Labute approximate surface area is 122 Å². The number of terminal acetylenes is 1. The molecule has 1 aliphatic carbocycles. The van der Waals surface area contributed by atoms with Crippen molar-refractivity contribution in [1.29, 1.82) is 0 Å². The maximum absolute atomic E-state index is 12.0. The quantitative estimate of drug-likeness (QED) is 0.672. The third-order valence-electron chi connectivity index (χ3n) is 3.68. The van der Waals surface area contributed by atoms with Gasteiger partial charge >= 0.3 is 0 Å². The van der Waals surface area contributed by atoms with E-state index < -0.39 is 11.0 Å². The second-order valence-corrected chi connectivity index (χ2v) is 6.48. The largest absolute Gasteiger partial charge is 0.243 e. The van der Waals surface area contributed by atoms with E-state index in [1.165, 1.54) is 44.9 Å². The fourth-order valence-corrected chi connectivity index (χ4v) is 4.20. The molecule has 0 aromatic rings. The number of rotatable bonds is 6. The molecule has 0 N–H and O–H groups in total. The van der Waals surface area contributed by atoms with Gasteiger partial charge in [0.15, 0.2) is 0 Å². The van der Waals surface area contributed by atoms with Crippen molar-refractivity contribution in [3.8, 4) is 12.3 Å². The van der Waals surface area contributed by atoms with E-state index >= 15 is 0 Å². The molecular weight excluding hydrogens is 254 g/mol. The minimum absolute atomic E-state index is 0.527. The molecule has 0 saturated heterocycles.